The van der Waals surface area contributed by atoms with Gasteiger partial charge in [0.05, 0.1) is 12.7 Å². The Morgan fingerprint density at radius 2 is 1.75 bits per heavy atom. The van der Waals surface area contributed by atoms with Gasteiger partial charge in [-0.2, -0.15) is 0 Å². The predicted molar refractivity (Wildman–Crippen MR) is 143 cm³/mol. The maximum Gasteiger partial charge on any atom is 0.335 e. The van der Waals surface area contributed by atoms with Gasteiger partial charge in [0.2, 0.25) is 0 Å². The van der Waals surface area contributed by atoms with Crippen LogP contribution in [0.1, 0.15) is 52.2 Å². The van der Waals surface area contributed by atoms with Crippen LogP contribution in [0.5, 0.6) is 5.75 Å². The van der Waals surface area contributed by atoms with E-state index in [9.17, 15) is 9.90 Å². The van der Waals surface area contributed by atoms with Crippen molar-refractivity contribution < 1.29 is 14.6 Å². The van der Waals surface area contributed by atoms with E-state index in [0.717, 1.165) is 56.8 Å². The molecule has 5 heteroatoms. The Hall–Kier alpha value is -3.15. The molecule has 1 aliphatic carbocycles. The zero-order valence-electron chi connectivity index (χ0n) is 21.0. The van der Waals surface area contributed by atoms with Crippen LogP contribution in [0.15, 0.2) is 78.9 Å². The fourth-order valence-corrected chi connectivity index (χ4v) is 5.71. The molecule has 1 saturated heterocycles. The van der Waals surface area contributed by atoms with Crippen molar-refractivity contribution in [2.24, 2.45) is 5.41 Å². The van der Waals surface area contributed by atoms with Gasteiger partial charge in [0.15, 0.2) is 0 Å². The van der Waals surface area contributed by atoms with Gasteiger partial charge in [-0.25, -0.2) is 4.79 Å². The summed E-state index contributed by atoms with van der Waals surface area (Å²) in [6, 6.07) is 27.2. The SMILES string of the molecule is COc1cccc(CN2CCC(CN[C@@H]3CC3c3ccccc3)(Cc3cccc(C(=O)O)c3)CC2)c1. The molecule has 2 fully saturated rings. The van der Waals surface area contributed by atoms with Crippen LogP contribution in [-0.4, -0.2) is 48.8 Å². The highest BCUT2D eigenvalue weighted by Crippen LogP contribution is 2.42. The number of carbonyl (C=O) groups is 1. The molecule has 188 valence electrons. The lowest BCUT2D eigenvalue weighted by molar-refractivity contribution is 0.0696. The molecule has 2 aliphatic rings. The van der Waals surface area contributed by atoms with Gasteiger partial charge in [-0.05, 0) is 85.1 Å². The smallest absolute Gasteiger partial charge is 0.335 e. The van der Waals surface area contributed by atoms with Crippen molar-refractivity contribution in [1.29, 1.82) is 0 Å². The Bertz CT molecular complexity index is 1170. The third kappa shape index (κ3) is 5.97. The molecule has 36 heavy (non-hydrogen) atoms. The second kappa shape index (κ2) is 10.9. The Labute approximate surface area is 214 Å². The summed E-state index contributed by atoms with van der Waals surface area (Å²) in [6.45, 7) is 3.95. The number of benzene rings is 3. The number of carboxylic acids is 1. The highest BCUT2D eigenvalue weighted by Gasteiger charge is 2.41. The third-order valence-corrected chi connectivity index (χ3v) is 7.97. The zero-order valence-corrected chi connectivity index (χ0v) is 21.0. The number of aromatic carboxylic acids is 1. The first-order valence-electron chi connectivity index (χ1n) is 13.0. The number of nitrogens with one attached hydrogen (secondary N) is 1. The van der Waals surface area contributed by atoms with E-state index in [0.29, 0.717) is 17.5 Å². The largest absolute Gasteiger partial charge is 0.497 e. The Kier molecular flexibility index (Phi) is 7.40. The number of carboxylic acid groups (broad SMARTS) is 1. The molecule has 0 amide bonds. The van der Waals surface area contributed by atoms with Gasteiger partial charge in [0.1, 0.15) is 5.75 Å². The number of ether oxygens (including phenoxy) is 1. The summed E-state index contributed by atoms with van der Waals surface area (Å²) < 4.78 is 5.40. The van der Waals surface area contributed by atoms with Crippen molar-refractivity contribution in [3.05, 3.63) is 101 Å². The van der Waals surface area contributed by atoms with Crippen LogP contribution in [0.25, 0.3) is 0 Å². The van der Waals surface area contributed by atoms with Crippen molar-refractivity contribution in [3.63, 3.8) is 0 Å². The molecule has 3 aromatic rings. The van der Waals surface area contributed by atoms with Crippen molar-refractivity contribution in [3.8, 4) is 5.75 Å². The van der Waals surface area contributed by atoms with Crippen LogP contribution in [0.4, 0.5) is 0 Å². The van der Waals surface area contributed by atoms with E-state index in [-0.39, 0.29) is 5.41 Å². The second-order valence-electron chi connectivity index (χ2n) is 10.6. The number of likely N-dealkylation sites (tertiary alicyclic amines) is 1. The number of hydrogen-bond donors (Lipinski definition) is 2. The monoisotopic (exact) mass is 484 g/mol. The second-order valence-corrected chi connectivity index (χ2v) is 10.6. The average Bonchev–Trinajstić information content (AvgIpc) is 3.70. The summed E-state index contributed by atoms with van der Waals surface area (Å²) in [5.41, 5.74) is 4.31. The highest BCUT2D eigenvalue weighted by atomic mass is 16.5. The number of piperidine rings is 1. The third-order valence-electron chi connectivity index (χ3n) is 7.97. The molecule has 1 heterocycles. The minimum Gasteiger partial charge on any atom is -0.497 e. The fourth-order valence-electron chi connectivity index (χ4n) is 5.71. The molecular weight excluding hydrogens is 448 g/mol. The van der Waals surface area contributed by atoms with Gasteiger partial charge in [-0.1, -0.05) is 54.6 Å². The van der Waals surface area contributed by atoms with Gasteiger partial charge in [0, 0.05) is 25.0 Å². The lowest BCUT2D eigenvalue weighted by Crippen LogP contribution is -2.46. The standard InChI is InChI=1S/C31H36N2O3/c1-36-27-12-6-8-24(18-27)21-33-15-13-31(14-16-33,20-23-7-5-11-26(17-23)30(34)35)22-32-29-19-28(29)25-9-3-2-4-10-25/h2-12,17-18,28-29,32H,13-16,19-22H2,1H3,(H,34,35)/t28?,29-/m1/s1. The molecule has 5 rings (SSSR count). The van der Waals surface area contributed by atoms with Gasteiger partial charge in [0.25, 0.3) is 0 Å². The van der Waals surface area contributed by atoms with Crippen LogP contribution in [0, 0.1) is 5.41 Å². The first-order valence-corrected chi connectivity index (χ1v) is 13.0. The number of rotatable bonds is 10. The fraction of sp³-hybridized carbons (Fsp3) is 0.387. The molecule has 0 aromatic heterocycles. The molecular formula is C31H36N2O3. The lowest BCUT2D eigenvalue weighted by Gasteiger charge is -2.42. The molecule has 3 aromatic carbocycles. The normalized spacial score (nSPS) is 21.1. The molecule has 1 aliphatic heterocycles. The van der Waals surface area contributed by atoms with Crippen LogP contribution < -0.4 is 10.1 Å². The molecule has 0 spiro atoms. The Morgan fingerprint density at radius 1 is 1.00 bits per heavy atom. The van der Waals surface area contributed by atoms with E-state index in [1.54, 1.807) is 13.2 Å². The minimum absolute atomic E-state index is 0.117. The van der Waals surface area contributed by atoms with E-state index in [2.05, 4.69) is 64.8 Å². The average molecular weight is 485 g/mol. The molecule has 5 nitrogen and oxygen atoms in total. The minimum atomic E-state index is -0.860. The summed E-state index contributed by atoms with van der Waals surface area (Å²) >= 11 is 0. The predicted octanol–water partition coefficient (Wildman–Crippen LogP) is 5.36. The molecule has 2 N–H and O–H groups in total. The summed E-state index contributed by atoms with van der Waals surface area (Å²) in [5, 5.41) is 13.4. The first-order chi connectivity index (χ1) is 17.5. The van der Waals surface area contributed by atoms with Gasteiger partial charge in [-0.15, -0.1) is 0 Å². The number of nitrogens with zero attached hydrogens (tertiary/aromatic N) is 1. The lowest BCUT2D eigenvalue weighted by atomic mass is 9.73. The Balaban J connectivity index is 1.26. The topological polar surface area (TPSA) is 61.8 Å². The van der Waals surface area contributed by atoms with Gasteiger partial charge in [-0.3, -0.25) is 4.90 Å². The Morgan fingerprint density at radius 3 is 2.50 bits per heavy atom. The quantitative estimate of drug-likeness (QED) is 0.405. The van der Waals surface area contributed by atoms with E-state index in [1.165, 1.54) is 17.5 Å². The van der Waals surface area contributed by atoms with Crippen molar-refractivity contribution >= 4 is 5.97 Å². The van der Waals surface area contributed by atoms with Crippen LogP contribution in [-0.2, 0) is 13.0 Å². The van der Waals surface area contributed by atoms with Crippen molar-refractivity contribution in [2.75, 3.05) is 26.7 Å². The van der Waals surface area contributed by atoms with Crippen molar-refractivity contribution in [1.82, 2.24) is 10.2 Å². The summed E-state index contributed by atoms with van der Waals surface area (Å²) in [4.78, 5) is 14.1. The number of hydrogen-bond acceptors (Lipinski definition) is 4. The molecule has 0 bridgehead atoms. The maximum absolute atomic E-state index is 11.6. The van der Waals surface area contributed by atoms with E-state index in [1.807, 2.05) is 18.2 Å². The van der Waals surface area contributed by atoms with E-state index in [4.69, 9.17) is 4.74 Å². The first kappa shape index (κ1) is 24.5. The van der Waals surface area contributed by atoms with Crippen LogP contribution in [0.3, 0.4) is 0 Å². The van der Waals surface area contributed by atoms with Gasteiger partial charge >= 0.3 is 5.97 Å². The molecule has 1 unspecified atom stereocenters. The van der Waals surface area contributed by atoms with E-state index >= 15 is 0 Å². The summed E-state index contributed by atoms with van der Waals surface area (Å²) in [5.74, 6) is 0.645. The zero-order chi connectivity index (χ0) is 25.0. The summed E-state index contributed by atoms with van der Waals surface area (Å²) in [7, 11) is 1.71. The molecule has 0 radical (unpaired) electrons. The van der Waals surface area contributed by atoms with Crippen LogP contribution >= 0.6 is 0 Å². The summed E-state index contributed by atoms with van der Waals surface area (Å²) in [6.07, 6.45) is 4.27. The van der Waals surface area contributed by atoms with Crippen LogP contribution in [0.2, 0.25) is 0 Å². The number of methoxy groups -OCH3 is 1. The van der Waals surface area contributed by atoms with E-state index < -0.39 is 5.97 Å². The van der Waals surface area contributed by atoms with Gasteiger partial charge < -0.3 is 15.2 Å². The highest BCUT2D eigenvalue weighted by molar-refractivity contribution is 5.87. The maximum atomic E-state index is 11.6. The van der Waals surface area contributed by atoms with Crippen molar-refractivity contribution in [2.45, 2.75) is 44.2 Å². The molecule has 2 atom stereocenters. The molecule has 1 saturated carbocycles.